The summed E-state index contributed by atoms with van der Waals surface area (Å²) in [6, 6.07) is 7.43. The normalized spacial score (nSPS) is 12.4. The molecule has 0 radical (unpaired) electrons. The van der Waals surface area contributed by atoms with E-state index in [9.17, 15) is 5.11 Å². The van der Waals surface area contributed by atoms with E-state index in [1.807, 2.05) is 31.3 Å². The molecule has 1 atom stereocenters. The van der Waals surface area contributed by atoms with Gasteiger partial charge in [0.25, 0.3) is 0 Å². The molecule has 0 saturated heterocycles. The van der Waals surface area contributed by atoms with Gasteiger partial charge >= 0.3 is 0 Å². The third kappa shape index (κ3) is 3.33. The van der Waals surface area contributed by atoms with Crippen LogP contribution in [0.2, 0.25) is 0 Å². The van der Waals surface area contributed by atoms with Crippen LogP contribution in [0.3, 0.4) is 0 Å². The van der Waals surface area contributed by atoms with Crippen LogP contribution in [-0.2, 0) is 11.8 Å². The molecule has 2 aromatic rings. The Bertz CT molecular complexity index is 525. The van der Waals surface area contributed by atoms with Crippen LogP contribution in [0.15, 0.2) is 36.7 Å². The second-order valence-electron chi connectivity index (χ2n) is 4.23. The van der Waals surface area contributed by atoms with E-state index in [1.54, 1.807) is 24.2 Å². The summed E-state index contributed by atoms with van der Waals surface area (Å²) in [4.78, 5) is 0. The molecule has 0 spiro atoms. The zero-order valence-electron chi connectivity index (χ0n) is 11.1. The van der Waals surface area contributed by atoms with Crippen molar-refractivity contribution in [1.82, 2.24) is 9.78 Å². The summed E-state index contributed by atoms with van der Waals surface area (Å²) in [5, 5.41) is 14.4. The molecule has 1 unspecified atom stereocenters. The third-order valence-electron chi connectivity index (χ3n) is 2.80. The highest BCUT2D eigenvalue weighted by molar-refractivity contribution is 5.39. The second-order valence-corrected chi connectivity index (χ2v) is 4.23. The quantitative estimate of drug-likeness (QED) is 0.802. The van der Waals surface area contributed by atoms with E-state index >= 15 is 0 Å². The van der Waals surface area contributed by atoms with Gasteiger partial charge in [-0.1, -0.05) is 18.2 Å². The van der Waals surface area contributed by atoms with E-state index in [2.05, 4.69) is 5.10 Å². The van der Waals surface area contributed by atoms with Gasteiger partial charge in [0.1, 0.15) is 18.5 Å². The third-order valence-corrected chi connectivity index (χ3v) is 2.80. The number of hydrogen-bond acceptors (Lipinski definition) is 4. The maximum absolute atomic E-state index is 10.4. The van der Waals surface area contributed by atoms with E-state index in [0.29, 0.717) is 19.0 Å². The van der Waals surface area contributed by atoms with Gasteiger partial charge in [-0.15, -0.1) is 0 Å². The fourth-order valence-electron chi connectivity index (χ4n) is 1.83. The molecule has 0 amide bonds. The Hall–Kier alpha value is -1.85. The Morgan fingerprint density at radius 3 is 2.79 bits per heavy atom. The van der Waals surface area contributed by atoms with E-state index in [1.165, 1.54) is 0 Å². The first-order valence-electron chi connectivity index (χ1n) is 6.09. The summed E-state index contributed by atoms with van der Waals surface area (Å²) >= 11 is 0. The Morgan fingerprint density at radius 2 is 2.11 bits per heavy atom. The average Bonchev–Trinajstić information content (AvgIpc) is 2.85. The first-order chi connectivity index (χ1) is 9.22. The molecule has 5 heteroatoms. The molecule has 0 aliphatic heterocycles. The summed E-state index contributed by atoms with van der Waals surface area (Å²) in [6.07, 6.45) is 2.69. The second kappa shape index (κ2) is 6.36. The predicted octanol–water partition coefficient (Wildman–Crippen LogP) is 1.53. The van der Waals surface area contributed by atoms with E-state index in [0.717, 1.165) is 11.1 Å². The fourth-order valence-corrected chi connectivity index (χ4v) is 1.83. The number of aromatic nitrogens is 2. The summed E-state index contributed by atoms with van der Waals surface area (Å²) < 4.78 is 12.2. The molecule has 1 N–H and O–H groups in total. The highest BCUT2D eigenvalue weighted by Gasteiger charge is 2.16. The zero-order valence-corrected chi connectivity index (χ0v) is 11.1. The van der Waals surface area contributed by atoms with Gasteiger partial charge in [0.15, 0.2) is 0 Å². The lowest BCUT2D eigenvalue weighted by Crippen LogP contribution is -2.08. The van der Waals surface area contributed by atoms with Crippen LogP contribution in [0.5, 0.6) is 5.75 Å². The number of nitrogens with zero attached hydrogens (tertiary/aromatic N) is 2. The van der Waals surface area contributed by atoms with Crippen molar-refractivity contribution in [2.75, 3.05) is 20.3 Å². The molecule has 0 saturated carbocycles. The van der Waals surface area contributed by atoms with Gasteiger partial charge < -0.3 is 14.6 Å². The van der Waals surface area contributed by atoms with Gasteiger partial charge in [0.2, 0.25) is 0 Å². The Balaban J connectivity index is 2.18. The van der Waals surface area contributed by atoms with Gasteiger partial charge in [-0.25, -0.2) is 0 Å². The summed E-state index contributed by atoms with van der Waals surface area (Å²) in [5.74, 6) is 0.663. The highest BCUT2D eigenvalue weighted by atomic mass is 16.5. The molecule has 1 aromatic carbocycles. The van der Waals surface area contributed by atoms with Crippen LogP contribution >= 0.6 is 0 Å². The molecule has 5 nitrogen and oxygen atoms in total. The average molecular weight is 262 g/mol. The van der Waals surface area contributed by atoms with Crippen molar-refractivity contribution < 1.29 is 14.6 Å². The molecule has 0 aliphatic rings. The maximum Gasteiger partial charge on any atom is 0.125 e. The van der Waals surface area contributed by atoms with E-state index < -0.39 is 6.10 Å². The number of aliphatic hydroxyl groups is 1. The molecule has 2 rings (SSSR count). The number of ether oxygens (including phenoxy) is 2. The molecule has 102 valence electrons. The Kier molecular flexibility index (Phi) is 4.54. The highest BCUT2D eigenvalue weighted by Crippen LogP contribution is 2.29. The SMILES string of the molecule is COCCOc1ccccc1C(O)c1cnn(C)c1. The lowest BCUT2D eigenvalue weighted by atomic mass is 10.0. The first-order valence-corrected chi connectivity index (χ1v) is 6.09. The van der Waals surface area contributed by atoms with Crippen LogP contribution in [0, 0.1) is 0 Å². The minimum atomic E-state index is -0.743. The molecule has 0 aliphatic carbocycles. The molecular weight excluding hydrogens is 244 g/mol. The van der Waals surface area contributed by atoms with Gasteiger partial charge in [0.05, 0.1) is 12.8 Å². The number of benzene rings is 1. The topological polar surface area (TPSA) is 56.5 Å². The minimum absolute atomic E-state index is 0.452. The number of aliphatic hydroxyl groups excluding tert-OH is 1. The van der Waals surface area contributed by atoms with Crippen molar-refractivity contribution >= 4 is 0 Å². The molecule has 0 fully saturated rings. The van der Waals surface area contributed by atoms with Crippen molar-refractivity contribution in [1.29, 1.82) is 0 Å². The number of hydrogen-bond donors (Lipinski definition) is 1. The molecule has 1 aromatic heterocycles. The van der Waals surface area contributed by atoms with Gasteiger partial charge in [-0.05, 0) is 6.07 Å². The first kappa shape index (κ1) is 13.6. The van der Waals surface area contributed by atoms with Crippen LogP contribution in [-0.4, -0.2) is 35.2 Å². The van der Waals surface area contributed by atoms with Crippen molar-refractivity contribution in [3.63, 3.8) is 0 Å². The van der Waals surface area contributed by atoms with Gasteiger partial charge in [0, 0.05) is 31.5 Å². The maximum atomic E-state index is 10.4. The molecule has 19 heavy (non-hydrogen) atoms. The van der Waals surface area contributed by atoms with Crippen LogP contribution < -0.4 is 4.74 Å². The van der Waals surface area contributed by atoms with Gasteiger partial charge in [-0.2, -0.15) is 5.10 Å². The summed E-state index contributed by atoms with van der Waals surface area (Å²) in [5.41, 5.74) is 1.47. The summed E-state index contributed by atoms with van der Waals surface area (Å²) in [6.45, 7) is 0.963. The number of para-hydroxylation sites is 1. The van der Waals surface area contributed by atoms with Crippen LogP contribution in [0.25, 0.3) is 0 Å². The van der Waals surface area contributed by atoms with Crippen LogP contribution in [0.1, 0.15) is 17.2 Å². The predicted molar refractivity (Wildman–Crippen MR) is 71.1 cm³/mol. The zero-order chi connectivity index (χ0) is 13.7. The Morgan fingerprint density at radius 1 is 1.32 bits per heavy atom. The van der Waals surface area contributed by atoms with Crippen molar-refractivity contribution in [3.8, 4) is 5.75 Å². The lowest BCUT2D eigenvalue weighted by molar-refractivity contribution is 0.142. The standard InChI is InChI=1S/C14H18N2O3/c1-16-10-11(9-15-16)14(17)12-5-3-4-6-13(12)19-8-7-18-2/h3-6,9-10,14,17H,7-8H2,1-2H3. The van der Waals surface area contributed by atoms with Crippen molar-refractivity contribution in [2.24, 2.45) is 7.05 Å². The van der Waals surface area contributed by atoms with Gasteiger partial charge in [-0.3, -0.25) is 4.68 Å². The monoisotopic (exact) mass is 262 g/mol. The minimum Gasteiger partial charge on any atom is -0.491 e. The Labute approximate surface area is 112 Å². The van der Waals surface area contributed by atoms with Crippen LogP contribution in [0.4, 0.5) is 0 Å². The van der Waals surface area contributed by atoms with Crippen molar-refractivity contribution in [2.45, 2.75) is 6.10 Å². The molecular formula is C14H18N2O3. The fraction of sp³-hybridized carbons (Fsp3) is 0.357. The number of aryl methyl sites for hydroxylation is 1. The molecule has 1 heterocycles. The largest absolute Gasteiger partial charge is 0.491 e. The lowest BCUT2D eigenvalue weighted by Gasteiger charge is -2.15. The molecule has 0 bridgehead atoms. The summed E-state index contributed by atoms with van der Waals surface area (Å²) in [7, 11) is 3.44. The van der Waals surface area contributed by atoms with E-state index in [4.69, 9.17) is 9.47 Å². The number of rotatable bonds is 6. The smallest absolute Gasteiger partial charge is 0.125 e. The van der Waals surface area contributed by atoms with E-state index in [-0.39, 0.29) is 0 Å². The van der Waals surface area contributed by atoms with Crippen molar-refractivity contribution in [3.05, 3.63) is 47.8 Å². The number of methoxy groups -OCH3 is 1.